The maximum atomic E-state index is 12.1. The Bertz CT molecular complexity index is 859. The van der Waals surface area contributed by atoms with Gasteiger partial charge in [-0.25, -0.2) is 0 Å². The predicted molar refractivity (Wildman–Crippen MR) is 98.7 cm³/mol. The SMILES string of the molecule is Nc1nc(NCc2ccccc2)nc(N2CCN3C(=O)CNC(=O)[C@@H]3C2)n1. The van der Waals surface area contributed by atoms with Crippen LogP contribution in [-0.2, 0) is 16.1 Å². The Morgan fingerprint density at radius 2 is 1.96 bits per heavy atom. The standard InChI is InChI=1S/C17H20N8O2/c18-15-21-16(20-8-11-4-2-1-3-5-11)23-17(22-15)24-6-7-25-12(10-24)14(27)19-9-13(25)26/h1-5,12H,6-10H2,(H,19,27)(H3,18,20,21,22,23)/t12-/m0/s1. The number of anilines is 3. The van der Waals surface area contributed by atoms with Gasteiger partial charge in [0, 0.05) is 19.6 Å². The summed E-state index contributed by atoms with van der Waals surface area (Å²) in [4.78, 5) is 40.3. The Balaban J connectivity index is 1.49. The molecule has 2 saturated heterocycles. The second-order valence-corrected chi connectivity index (χ2v) is 6.42. The Labute approximate surface area is 155 Å². The van der Waals surface area contributed by atoms with Crippen molar-refractivity contribution in [3.63, 3.8) is 0 Å². The molecule has 2 aliphatic rings. The molecule has 2 amide bonds. The van der Waals surface area contributed by atoms with Gasteiger partial charge in [0.2, 0.25) is 29.7 Å². The number of nitrogens with one attached hydrogen (secondary N) is 2. The highest BCUT2D eigenvalue weighted by atomic mass is 16.2. The van der Waals surface area contributed by atoms with E-state index < -0.39 is 6.04 Å². The van der Waals surface area contributed by atoms with Gasteiger partial charge in [-0.3, -0.25) is 9.59 Å². The first-order valence-corrected chi connectivity index (χ1v) is 8.71. The highest BCUT2D eigenvalue weighted by molar-refractivity contribution is 5.95. The summed E-state index contributed by atoms with van der Waals surface area (Å²) in [5.74, 6) is 0.627. The number of carbonyl (C=O) groups is 2. The van der Waals surface area contributed by atoms with Gasteiger partial charge in [-0.2, -0.15) is 15.0 Å². The molecule has 0 unspecified atom stereocenters. The molecule has 140 valence electrons. The molecule has 0 radical (unpaired) electrons. The third-order valence-electron chi connectivity index (χ3n) is 4.63. The first kappa shape index (κ1) is 17.0. The number of fused-ring (bicyclic) bond motifs is 1. The Hall–Kier alpha value is -3.43. The Kier molecular flexibility index (Phi) is 4.45. The summed E-state index contributed by atoms with van der Waals surface area (Å²) in [6, 6.07) is 9.32. The van der Waals surface area contributed by atoms with E-state index in [9.17, 15) is 9.59 Å². The molecule has 10 heteroatoms. The summed E-state index contributed by atoms with van der Waals surface area (Å²) in [5, 5.41) is 5.76. The van der Waals surface area contributed by atoms with Gasteiger partial charge in [0.15, 0.2) is 0 Å². The number of nitrogens with zero attached hydrogens (tertiary/aromatic N) is 5. The van der Waals surface area contributed by atoms with E-state index in [0.717, 1.165) is 5.56 Å². The lowest BCUT2D eigenvalue weighted by Crippen LogP contribution is -2.66. The minimum Gasteiger partial charge on any atom is -0.368 e. The van der Waals surface area contributed by atoms with Gasteiger partial charge in [-0.05, 0) is 5.56 Å². The number of aromatic nitrogens is 3. The maximum Gasteiger partial charge on any atom is 0.245 e. The summed E-state index contributed by atoms with van der Waals surface area (Å²) in [7, 11) is 0. The number of carbonyl (C=O) groups excluding carboxylic acids is 2. The van der Waals surface area contributed by atoms with Gasteiger partial charge < -0.3 is 26.2 Å². The molecular formula is C17H20N8O2. The molecule has 0 spiro atoms. The number of amides is 2. The van der Waals surface area contributed by atoms with E-state index >= 15 is 0 Å². The van der Waals surface area contributed by atoms with Crippen LogP contribution in [0.4, 0.5) is 17.8 Å². The van der Waals surface area contributed by atoms with Crippen LogP contribution in [0.1, 0.15) is 5.56 Å². The molecule has 0 aliphatic carbocycles. The lowest BCUT2D eigenvalue weighted by Gasteiger charge is -2.42. The third kappa shape index (κ3) is 3.59. The van der Waals surface area contributed by atoms with E-state index in [1.54, 1.807) is 4.90 Å². The van der Waals surface area contributed by atoms with Gasteiger partial charge >= 0.3 is 0 Å². The smallest absolute Gasteiger partial charge is 0.245 e. The second-order valence-electron chi connectivity index (χ2n) is 6.42. The van der Waals surface area contributed by atoms with E-state index in [1.165, 1.54) is 0 Å². The fraction of sp³-hybridized carbons (Fsp3) is 0.353. The van der Waals surface area contributed by atoms with Crippen LogP contribution in [0.3, 0.4) is 0 Å². The zero-order valence-electron chi connectivity index (χ0n) is 14.6. The summed E-state index contributed by atoms with van der Waals surface area (Å²) in [5.41, 5.74) is 6.93. The van der Waals surface area contributed by atoms with Gasteiger partial charge in [-0.1, -0.05) is 30.3 Å². The number of nitrogens with two attached hydrogens (primary N) is 1. The minimum absolute atomic E-state index is 0.0571. The van der Waals surface area contributed by atoms with Crippen LogP contribution in [0.5, 0.6) is 0 Å². The van der Waals surface area contributed by atoms with Crippen molar-refractivity contribution in [2.75, 3.05) is 42.1 Å². The number of rotatable bonds is 4. The fourth-order valence-corrected chi connectivity index (χ4v) is 3.25. The highest BCUT2D eigenvalue weighted by Crippen LogP contribution is 2.19. The molecule has 3 heterocycles. The molecule has 0 saturated carbocycles. The summed E-state index contributed by atoms with van der Waals surface area (Å²) < 4.78 is 0. The molecule has 1 aromatic heterocycles. The van der Waals surface area contributed by atoms with Crippen molar-refractivity contribution in [1.29, 1.82) is 0 Å². The highest BCUT2D eigenvalue weighted by Gasteiger charge is 2.39. The average molecular weight is 368 g/mol. The number of piperazine rings is 2. The largest absolute Gasteiger partial charge is 0.368 e. The van der Waals surface area contributed by atoms with Crippen molar-refractivity contribution in [2.45, 2.75) is 12.6 Å². The van der Waals surface area contributed by atoms with Crippen LogP contribution >= 0.6 is 0 Å². The van der Waals surface area contributed by atoms with Crippen LogP contribution in [0.25, 0.3) is 0 Å². The van der Waals surface area contributed by atoms with Crippen molar-refractivity contribution in [3.05, 3.63) is 35.9 Å². The first-order chi connectivity index (χ1) is 13.1. The lowest BCUT2D eigenvalue weighted by atomic mass is 10.1. The zero-order valence-corrected chi connectivity index (χ0v) is 14.6. The van der Waals surface area contributed by atoms with Gasteiger partial charge in [0.25, 0.3) is 0 Å². The van der Waals surface area contributed by atoms with Gasteiger partial charge in [0.1, 0.15) is 6.04 Å². The zero-order chi connectivity index (χ0) is 18.8. The quantitative estimate of drug-likeness (QED) is 0.640. The topological polar surface area (TPSA) is 129 Å². The molecule has 27 heavy (non-hydrogen) atoms. The molecule has 1 atom stereocenters. The van der Waals surface area contributed by atoms with E-state index in [-0.39, 0.29) is 24.3 Å². The van der Waals surface area contributed by atoms with Crippen molar-refractivity contribution < 1.29 is 9.59 Å². The van der Waals surface area contributed by atoms with Gasteiger partial charge in [0.05, 0.1) is 13.1 Å². The molecule has 1 aromatic carbocycles. The van der Waals surface area contributed by atoms with E-state index in [4.69, 9.17) is 5.73 Å². The van der Waals surface area contributed by atoms with Crippen molar-refractivity contribution in [2.24, 2.45) is 0 Å². The predicted octanol–water partition coefficient (Wildman–Crippen LogP) is -0.787. The average Bonchev–Trinajstić information content (AvgIpc) is 2.69. The number of hydrogen-bond donors (Lipinski definition) is 3. The lowest BCUT2D eigenvalue weighted by molar-refractivity contribution is -0.146. The van der Waals surface area contributed by atoms with Crippen LogP contribution in [-0.4, -0.2) is 63.9 Å². The van der Waals surface area contributed by atoms with E-state index in [1.807, 2.05) is 35.2 Å². The molecule has 2 fully saturated rings. The van der Waals surface area contributed by atoms with Crippen molar-refractivity contribution >= 4 is 29.7 Å². The molecule has 4 rings (SSSR count). The molecule has 10 nitrogen and oxygen atoms in total. The van der Waals surface area contributed by atoms with Crippen molar-refractivity contribution in [3.8, 4) is 0 Å². The molecular weight excluding hydrogens is 348 g/mol. The van der Waals surface area contributed by atoms with Crippen LogP contribution < -0.4 is 21.3 Å². The van der Waals surface area contributed by atoms with Crippen molar-refractivity contribution in [1.82, 2.24) is 25.2 Å². The number of benzene rings is 1. The molecule has 4 N–H and O–H groups in total. The fourth-order valence-electron chi connectivity index (χ4n) is 3.25. The monoisotopic (exact) mass is 368 g/mol. The third-order valence-corrected chi connectivity index (χ3v) is 4.63. The first-order valence-electron chi connectivity index (χ1n) is 8.71. The molecule has 2 aromatic rings. The molecule has 0 bridgehead atoms. The Morgan fingerprint density at radius 1 is 1.15 bits per heavy atom. The summed E-state index contributed by atoms with van der Waals surface area (Å²) in [6.07, 6.45) is 0. The van der Waals surface area contributed by atoms with Crippen LogP contribution in [0.15, 0.2) is 30.3 Å². The summed E-state index contributed by atoms with van der Waals surface area (Å²) in [6.45, 7) is 1.89. The van der Waals surface area contributed by atoms with Crippen LogP contribution in [0, 0.1) is 0 Å². The molecule has 2 aliphatic heterocycles. The second kappa shape index (κ2) is 7.06. The van der Waals surface area contributed by atoms with Gasteiger partial charge in [-0.15, -0.1) is 0 Å². The van der Waals surface area contributed by atoms with E-state index in [2.05, 4.69) is 25.6 Å². The van der Waals surface area contributed by atoms with E-state index in [0.29, 0.717) is 38.1 Å². The normalized spacial score (nSPS) is 19.5. The summed E-state index contributed by atoms with van der Waals surface area (Å²) >= 11 is 0. The Morgan fingerprint density at radius 3 is 2.78 bits per heavy atom. The number of nitrogen functional groups attached to an aromatic ring is 1. The maximum absolute atomic E-state index is 12.1. The van der Waals surface area contributed by atoms with Crippen LogP contribution in [0.2, 0.25) is 0 Å². The minimum atomic E-state index is -0.543. The number of hydrogen-bond acceptors (Lipinski definition) is 8.